The number of hydrogen-bond acceptors (Lipinski definition) is 4. The number of halogens is 1. The zero-order valence-corrected chi connectivity index (χ0v) is 12.7. The van der Waals surface area contributed by atoms with Crippen LogP contribution in [0.4, 0.5) is 4.39 Å². The number of phenols is 1. The summed E-state index contributed by atoms with van der Waals surface area (Å²) in [5.41, 5.74) is 0.995. The minimum Gasteiger partial charge on any atom is -0.508 e. The van der Waals surface area contributed by atoms with Crippen molar-refractivity contribution in [2.24, 2.45) is 11.8 Å². The van der Waals surface area contributed by atoms with Gasteiger partial charge in [-0.05, 0) is 42.3 Å². The summed E-state index contributed by atoms with van der Waals surface area (Å²) in [6, 6.07) is 10.9. The molecule has 0 aliphatic heterocycles. The molecule has 120 valence electrons. The number of aromatic hydroxyl groups is 1. The van der Waals surface area contributed by atoms with Crippen molar-refractivity contribution < 1.29 is 23.8 Å². The Morgan fingerprint density at radius 3 is 2.70 bits per heavy atom. The van der Waals surface area contributed by atoms with Gasteiger partial charge in [-0.1, -0.05) is 12.1 Å². The van der Waals surface area contributed by atoms with Gasteiger partial charge in [-0.15, -0.1) is 0 Å². The third-order valence-corrected chi connectivity index (χ3v) is 4.01. The molecule has 0 unspecified atom stereocenters. The van der Waals surface area contributed by atoms with Crippen LogP contribution in [0.25, 0.3) is 11.1 Å². The molecule has 1 aliphatic rings. The highest BCUT2D eigenvalue weighted by atomic mass is 19.1. The monoisotopic (exact) mass is 316 g/mol. The molecule has 0 saturated heterocycles. The van der Waals surface area contributed by atoms with Crippen molar-refractivity contribution in [2.75, 3.05) is 13.7 Å². The molecular formula is C18H17FO4. The van der Waals surface area contributed by atoms with Crippen LogP contribution in [-0.2, 0) is 9.53 Å². The van der Waals surface area contributed by atoms with Gasteiger partial charge in [-0.2, -0.15) is 0 Å². The molecule has 4 nitrogen and oxygen atoms in total. The molecule has 1 fully saturated rings. The molecule has 0 radical (unpaired) electrons. The van der Waals surface area contributed by atoms with Crippen LogP contribution in [0.15, 0.2) is 42.5 Å². The number of methoxy groups -OCH3 is 1. The summed E-state index contributed by atoms with van der Waals surface area (Å²) >= 11 is 0. The summed E-state index contributed by atoms with van der Waals surface area (Å²) in [5, 5.41) is 9.47. The Hall–Kier alpha value is -2.56. The minimum absolute atomic E-state index is 0.0179. The molecule has 0 spiro atoms. The molecule has 2 aromatic carbocycles. The standard InChI is InChI=1S/C18H17FO4/c1-22-18(21)16-8-12(16)10-23-14-5-2-11(3-6-14)15-9-13(20)4-7-17(15)19/h2-7,9,12,16,20H,8,10H2,1H3/t12-,16+/m0/s1. The van der Waals surface area contributed by atoms with Crippen LogP contribution in [-0.4, -0.2) is 24.8 Å². The lowest BCUT2D eigenvalue weighted by Crippen LogP contribution is -2.08. The Balaban J connectivity index is 1.62. The molecule has 1 aliphatic carbocycles. The van der Waals surface area contributed by atoms with E-state index in [-0.39, 0.29) is 23.6 Å². The number of carbonyl (C=O) groups excluding carboxylic acids is 1. The van der Waals surface area contributed by atoms with Crippen LogP contribution in [0.1, 0.15) is 6.42 Å². The van der Waals surface area contributed by atoms with E-state index in [4.69, 9.17) is 9.47 Å². The van der Waals surface area contributed by atoms with E-state index in [1.54, 1.807) is 24.3 Å². The van der Waals surface area contributed by atoms with E-state index < -0.39 is 5.82 Å². The fourth-order valence-corrected chi connectivity index (χ4v) is 2.54. The van der Waals surface area contributed by atoms with Gasteiger partial charge in [0, 0.05) is 11.5 Å². The van der Waals surface area contributed by atoms with Crippen LogP contribution in [0.3, 0.4) is 0 Å². The molecule has 0 aromatic heterocycles. The number of ether oxygens (including phenoxy) is 2. The van der Waals surface area contributed by atoms with Crippen molar-refractivity contribution in [3.63, 3.8) is 0 Å². The second kappa shape index (κ2) is 6.28. The second-order valence-corrected chi connectivity index (χ2v) is 5.62. The first-order valence-corrected chi connectivity index (χ1v) is 7.38. The smallest absolute Gasteiger partial charge is 0.309 e. The maximum absolute atomic E-state index is 13.8. The Kier molecular flexibility index (Phi) is 4.19. The largest absolute Gasteiger partial charge is 0.508 e. The van der Waals surface area contributed by atoms with Gasteiger partial charge in [0.25, 0.3) is 0 Å². The summed E-state index contributed by atoms with van der Waals surface area (Å²) in [4.78, 5) is 11.3. The lowest BCUT2D eigenvalue weighted by atomic mass is 10.0. The zero-order valence-electron chi connectivity index (χ0n) is 12.7. The molecule has 23 heavy (non-hydrogen) atoms. The first kappa shape index (κ1) is 15.3. The van der Waals surface area contributed by atoms with Gasteiger partial charge in [-0.25, -0.2) is 4.39 Å². The molecule has 5 heteroatoms. The van der Waals surface area contributed by atoms with Crippen LogP contribution in [0.5, 0.6) is 11.5 Å². The van der Waals surface area contributed by atoms with Crippen molar-refractivity contribution in [3.05, 3.63) is 48.3 Å². The highest BCUT2D eigenvalue weighted by molar-refractivity contribution is 5.75. The van der Waals surface area contributed by atoms with Crippen LogP contribution >= 0.6 is 0 Å². The lowest BCUT2D eigenvalue weighted by Gasteiger charge is -2.08. The summed E-state index contributed by atoms with van der Waals surface area (Å²) in [6.07, 6.45) is 0.791. The highest BCUT2D eigenvalue weighted by Crippen LogP contribution is 2.39. The molecule has 0 amide bonds. The van der Waals surface area contributed by atoms with Crippen molar-refractivity contribution in [1.82, 2.24) is 0 Å². The summed E-state index contributed by atoms with van der Waals surface area (Å²) in [6.45, 7) is 0.458. The first-order chi connectivity index (χ1) is 11.1. The Morgan fingerprint density at radius 1 is 1.26 bits per heavy atom. The number of rotatable bonds is 5. The van der Waals surface area contributed by atoms with Crippen molar-refractivity contribution >= 4 is 5.97 Å². The van der Waals surface area contributed by atoms with Crippen molar-refractivity contribution in [1.29, 1.82) is 0 Å². The Labute approximate surface area is 133 Å². The van der Waals surface area contributed by atoms with Crippen molar-refractivity contribution in [3.8, 4) is 22.6 Å². The SMILES string of the molecule is COC(=O)[C@@H]1C[C@H]1COc1ccc(-c2cc(O)ccc2F)cc1. The van der Waals surface area contributed by atoms with E-state index in [1.165, 1.54) is 25.3 Å². The molecule has 3 rings (SSSR count). The van der Waals surface area contributed by atoms with Crippen LogP contribution < -0.4 is 4.74 Å². The molecule has 2 atom stereocenters. The maximum atomic E-state index is 13.8. The normalized spacial score (nSPS) is 19.2. The van der Waals surface area contributed by atoms with E-state index in [0.717, 1.165) is 6.42 Å². The van der Waals surface area contributed by atoms with Gasteiger partial charge >= 0.3 is 5.97 Å². The zero-order chi connectivity index (χ0) is 16.4. The number of phenolic OH excluding ortho intramolecular Hbond substituents is 1. The first-order valence-electron chi connectivity index (χ1n) is 7.38. The summed E-state index contributed by atoms with van der Waals surface area (Å²) < 4.78 is 24.1. The fourth-order valence-electron chi connectivity index (χ4n) is 2.54. The lowest BCUT2D eigenvalue weighted by molar-refractivity contribution is -0.142. The topological polar surface area (TPSA) is 55.8 Å². The predicted molar refractivity (Wildman–Crippen MR) is 82.6 cm³/mol. The minimum atomic E-state index is -0.393. The van der Waals surface area contributed by atoms with E-state index in [0.29, 0.717) is 23.5 Å². The van der Waals surface area contributed by atoms with E-state index >= 15 is 0 Å². The quantitative estimate of drug-likeness (QED) is 0.859. The van der Waals surface area contributed by atoms with Gasteiger partial charge in [0.05, 0.1) is 19.6 Å². The van der Waals surface area contributed by atoms with Gasteiger partial charge < -0.3 is 14.6 Å². The number of hydrogen-bond donors (Lipinski definition) is 1. The van der Waals surface area contributed by atoms with Gasteiger partial charge in [-0.3, -0.25) is 4.79 Å². The molecule has 1 saturated carbocycles. The van der Waals surface area contributed by atoms with Gasteiger partial charge in [0.1, 0.15) is 17.3 Å². The third-order valence-electron chi connectivity index (χ3n) is 4.01. The van der Waals surface area contributed by atoms with Gasteiger partial charge in [0.2, 0.25) is 0 Å². The van der Waals surface area contributed by atoms with Crippen LogP contribution in [0.2, 0.25) is 0 Å². The second-order valence-electron chi connectivity index (χ2n) is 5.62. The fraction of sp³-hybridized carbons (Fsp3) is 0.278. The van der Waals surface area contributed by atoms with E-state index in [9.17, 15) is 14.3 Å². The average Bonchev–Trinajstić information content (AvgIpc) is 3.35. The highest BCUT2D eigenvalue weighted by Gasteiger charge is 2.44. The van der Waals surface area contributed by atoms with Crippen molar-refractivity contribution in [2.45, 2.75) is 6.42 Å². The molecule has 2 aromatic rings. The summed E-state index contributed by atoms with van der Waals surface area (Å²) in [7, 11) is 1.39. The molecule has 0 heterocycles. The third kappa shape index (κ3) is 3.44. The number of benzene rings is 2. The maximum Gasteiger partial charge on any atom is 0.309 e. The number of carbonyl (C=O) groups is 1. The van der Waals surface area contributed by atoms with Gasteiger partial charge in [0.15, 0.2) is 0 Å². The van der Waals surface area contributed by atoms with E-state index in [2.05, 4.69) is 0 Å². The molecule has 0 bridgehead atoms. The molecular weight excluding hydrogens is 299 g/mol. The molecule has 1 N–H and O–H groups in total. The average molecular weight is 316 g/mol. The number of esters is 1. The predicted octanol–water partition coefficient (Wildman–Crippen LogP) is 3.39. The van der Waals surface area contributed by atoms with E-state index in [1.807, 2.05) is 0 Å². The Bertz CT molecular complexity index is 711. The van der Waals surface area contributed by atoms with Crippen LogP contribution in [0, 0.1) is 17.7 Å². The Morgan fingerprint density at radius 2 is 2.00 bits per heavy atom. The summed E-state index contributed by atoms with van der Waals surface area (Å²) in [5.74, 6) is 0.240.